The smallest absolute Gasteiger partial charge is 0.0450 e. The molecular weight excluding hydrogens is 276 g/mol. The Hall–Kier alpha value is -1.16. The lowest BCUT2D eigenvalue weighted by molar-refractivity contribution is 0.107. The molecular formula is C18H22N2S. The van der Waals surface area contributed by atoms with Crippen LogP contribution in [0.4, 0.5) is 0 Å². The van der Waals surface area contributed by atoms with Gasteiger partial charge in [-0.25, -0.2) is 0 Å². The van der Waals surface area contributed by atoms with Crippen LogP contribution in [-0.4, -0.2) is 24.0 Å². The van der Waals surface area contributed by atoms with Gasteiger partial charge >= 0.3 is 0 Å². The molecule has 0 spiro atoms. The van der Waals surface area contributed by atoms with Gasteiger partial charge in [-0.2, -0.15) is 11.3 Å². The zero-order chi connectivity index (χ0) is 14.1. The summed E-state index contributed by atoms with van der Waals surface area (Å²) in [6, 6.07) is 14.4. The van der Waals surface area contributed by atoms with E-state index in [-0.39, 0.29) is 0 Å². The number of rotatable bonds is 4. The monoisotopic (exact) mass is 298 g/mol. The second-order valence-corrected chi connectivity index (χ2v) is 7.12. The molecule has 2 heterocycles. The predicted molar refractivity (Wildman–Crippen MR) is 88.4 cm³/mol. The molecule has 2 aliphatic rings. The van der Waals surface area contributed by atoms with E-state index < -0.39 is 0 Å². The van der Waals surface area contributed by atoms with Gasteiger partial charge in [0.2, 0.25) is 0 Å². The first-order chi connectivity index (χ1) is 10.4. The van der Waals surface area contributed by atoms with E-state index in [9.17, 15) is 0 Å². The lowest BCUT2D eigenvalue weighted by atomic mass is 9.99. The molecule has 1 aromatic carbocycles. The van der Waals surface area contributed by atoms with Crippen LogP contribution in [0, 0.1) is 5.92 Å². The molecule has 110 valence electrons. The van der Waals surface area contributed by atoms with Crippen LogP contribution >= 0.6 is 11.3 Å². The molecule has 0 radical (unpaired) electrons. The SMILES string of the molecule is c1ccc(C2CN(Cc3ccsc3)C(C3CC3)CN2)cc1. The van der Waals surface area contributed by atoms with E-state index in [1.165, 1.54) is 24.0 Å². The molecule has 1 aromatic heterocycles. The fourth-order valence-electron chi connectivity index (χ4n) is 3.48. The van der Waals surface area contributed by atoms with Crippen molar-refractivity contribution in [2.75, 3.05) is 13.1 Å². The van der Waals surface area contributed by atoms with Gasteiger partial charge in [0, 0.05) is 31.7 Å². The Morgan fingerprint density at radius 3 is 2.71 bits per heavy atom. The van der Waals surface area contributed by atoms with Crippen molar-refractivity contribution >= 4 is 11.3 Å². The molecule has 0 bridgehead atoms. The fourth-order valence-corrected chi connectivity index (χ4v) is 4.14. The Labute approximate surface area is 130 Å². The quantitative estimate of drug-likeness (QED) is 0.926. The number of piperazine rings is 1. The predicted octanol–water partition coefficient (Wildman–Crippen LogP) is 3.67. The summed E-state index contributed by atoms with van der Waals surface area (Å²) in [5, 5.41) is 8.27. The Bertz CT molecular complexity index is 562. The second-order valence-electron chi connectivity index (χ2n) is 6.34. The number of benzene rings is 1. The second kappa shape index (κ2) is 5.91. The van der Waals surface area contributed by atoms with Gasteiger partial charge in [-0.3, -0.25) is 4.90 Å². The van der Waals surface area contributed by atoms with Crippen molar-refractivity contribution in [3.05, 3.63) is 58.3 Å². The lowest BCUT2D eigenvalue weighted by Crippen LogP contribution is -2.53. The van der Waals surface area contributed by atoms with Gasteiger partial charge in [-0.15, -0.1) is 0 Å². The van der Waals surface area contributed by atoms with Crippen LogP contribution in [0.1, 0.15) is 30.0 Å². The third kappa shape index (κ3) is 3.05. The zero-order valence-corrected chi connectivity index (χ0v) is 13.1. The van der Waals surface area contributed by atoms with Crippen LogP contribution in [0.15, 0.2) is 47.2 Å². The largest absolute Gasteiger partial charge is 0.307 e. The van der Waals surface area contributed by atoms with Gasteiger partial charge in [0.05, 0.1) is 0 Å². The molecule has 2 aromatic rings. The van der Waals surface area contributed by atoms with E-state index in [1.54, 1.807) is 0 Å². The maximum absolute atomic E-state index is 3.78. The Morgan fingerprint density at radius 2 is 2.00 bits per heavy atom. The van der Waals surface area contributed by atoms with E-state index >= 15 is 0 Å². The van der Waals surface area contributed by atoms with Crippen molar-refractivity contribution < 1.29 is 0 Å². The van der Waals surface area contributed by atoms with Crippen LogP contribution in [0.25, 0.3) is 0 Å². The molecule has 2 fully saturated rings. The summed E-state index contributed by atoms with van der Waals surface area (Å²) in [5.74, 6) is 0.924. The molecule has 4 rings (SSSR count). The number of hydrogen-bond acceptors (Lipinski definition) is 3. The van der Waals surface area contributed by atoms with Crippen LogP contribution in [0.3, 0.4) is 0 Å². The molecule has 0 amide bonds. The minimum absolute atomic E-state index is 0.472. The number of hydrogen-bond donors (Lipinski definition) is 1. The molecule has 1 aliphatic heterocycles. The van der Waals surface area contributed by atoms with Gasteiger partial charge in [0.25, 0.3) is 0 Å². The molecule has 1 saturated heterocycles. The van der Waals surface area contributed by atoms with Gasteiger partial charge < -0.3 is 5.32 Å². The molecule has 1 saturated carbocycles. The minimum atomic E-state index is 0.472. The topological polar surface area (TPSA) is 15.3 Å². The number of nitrogens with zero attached hydrogens (tertiary/aromatic N) is 1. The summed E-state index contributed by atoms with van der Waals surface area (Å²) >= 11 is 1.81. The number of thiophene rings is 1. The average Bonchev–Trinajstić information content (AvgIpc) is 3.25. The highest BCUT2D eigenvalue weighted by molar-refractivity contribution is 7.07. The molecule has 21 heavy (non-hydrogen) atoms. The first-order valence-electron chi connectivity index (χ1n) is 7.93. The molecule has 1 aliphatic carbocycles. The summed E-state index contributed by atoms with van der Waals surface area (Å²) in [7, 11) is 0. The first kappa shape index (κ1) is 13.5. The van der Waals surface area contributed by atoms with Crippen molar-refractivity contribution in [1.29, 1.82) is 0 Å². The Kier molecular flexibility index (Phi) is 3.80. The van der Waals surface area contributed by atoms with E-state index in [2.05, 4.69) is 57.4 Å². The van der Waals surface area contributed by atoms with E-state index in [1.807, 2.05) is 11.3 Å². The molecule has 2 unspecified atom stereocenters. The normalized spacial score (nSPS) is 26.9. The number of nitrogens with one attached hydrogen (secondary N) is 1. The Balaban J connectivity index is 1.51. The molecule has 3 heteroatoms. The van der Waals surface area contributed by atoms with Crippen molar-refractivity contribution in [2.45, 2.75) is 31.5 Å². The zero-order valence-electron chi connectivity index (χ0n) is 12.2. The minimum Gasteiger partial charge on any atom is -0.307 e. The molecule has 1 N–H and O–H groups in total. The van der Waals surface area contributed by atoms with Crippen molar-refractivity contribution in [1.82, 2.24) is 10.2 Å². The standard InChI is InChI=1S/C18H22N2S/c1-2-4-15(5-3-1)17-12-20(11-14-8-9-21-13-14)18(10-19-17)16-6-7-16/h1-5,8-9,13,16-19H,6-7,10-12H2. The maximum Gasteiger partial charge on any atom is 0.0450 e. The molecule has 2 atom stereocenters. The van der Waals surface area contributed by atoms with Crippen LogP contribution in [0.2, 0.25) is 0 Å². The van der Waals surface area contributed by atoms with Crippen LogP contribution in [0.5, 0.6) is 0 Å². The van der Waals surface area contributed by atoms with Crippen LogP contribution < -0.4 is 5.32 Å². The van der Waals surface area contributed by atoms with E-state index in [0.717, 1.165) is 31.6 Å². The summed E-state index contributed by atoms with van der Waals surface area (Å²) in [6.45, 7) is 3.37. The molecule has 2 nitrogen and oxygen atoms in total. The van der Waals surface area contributed by atoms with Crippen molar-refractivity contribution in [2.24, 2.45) is 5.92 Å². The third-order valence-corrected chi connectivity index (χ3v) is 5.53. The summed E-state index contributed by atoms with van der Waals surface area (Å²) in [6.07, 6.45) is 2.84. The summed E-state index contributed by atoms with van der Waals surface area (Å²) < 4.78 is 0. The van der Waals surface area contributed by atoms with Gasteiger partial charge in [0.1, 0.15) is 0 Å². The highest BCUT2D eigenvalue weighted by Gasteiger charge is 2.38. The average molecular weight is 298 g/mol. The summed E-state index contributed by atoms with van der Waals surface area (Å²) in [5.41, 5.74) is 2.89. The summed E-state index contributed by atoms with van der Waals surface area (Å²) in [4.78, 5) is 2.72. The highest BCUT2D eigenvalue weighted by atomic mass is 32.1. The van der Waals surface area contributed by atoms with E-state index in [4.69, 9.17) is 0 Å². The lowest BCUT2D eigenvalue weighted by Gasteiger charge is -2.41. The third-order valence-electron chi connectivity index (χ3n) is 4.79. The maximum atomic E-state index is 3.78. The van der Waals surface area contributed by atoms with Gasteiger partial charge in [-0.1, -0.05) is 30.3 Å². The fraction of sp³-hybridized carbons (Fsp3) is 0.444. The van der Waals surface area contributed by atoms with Crippen molar-refractivity contribution in [3.8, 4) is 0 Å². The van der Waals surface area contributed by atoms with Gasteiger partial charge in [-0.05, 0) is 46.7 Å². The first-order valence-corrected chi connectivity index (χ1v) is 8.88. The Morgan fingerprint density at radius 1 is 1.14 bits per heavy atom. The van der Waals surface area contributed by atoms with Crippen molar-refractivity contribution in [3.63, 3.8) is 0 Å². The van der Waals surface area contributed by atoms with Gasteiger partial charge in [0.15, 0.2) is 0 Å². The highest BCUT2D eigenvalue weighted by Crippen LogP contribution is 2.38. The van der Waals surface area contributed by atoms with Crippen LogP contribution in [-0.2, 0) is 6.54 Å². The van der Waals surface area contributed by atoms with E-state index in [0.29, 0.717) is 6.04 Å².